The maximum atomic E-state index is 12.4. The van der Waals surface area contributed by atoms with E-state index in [0.29, 0.717) is 0 Å². The molecule has 0 aliphatic carbocycles. The van der Waals surface area contributed by atoms with E-state index in [1.54, 1.807) is 12.1 Å². The molecule has 1 unspecified atom stereocenters. The third-order valence-corrected chi connectivity index (χ3v) is 3.96. The van der Waals surface area contributed by atoms with Crippen LogP contribution in [0.15, 0.2) is 48.5 Å². The van der Waals surface area contributed by atoms with Gasteiger partial charge in [0.15, 0.2) is 5.78 Å². The van der Waals surface area contributed by atoms with Gasteiger partial charge in [0.2, 0.25) is 0 Å². The Morgan fingerprint density at radius 1 is 1.18 bits per heavy atom. The predicted molar refractivity (Wildman–Crippen MR) is 84.0 cm³/mol. The number of non-ortho nitro benzene ring substituents is 1. The highest BCUT2D eigenvalue weighted by Gasteiger charge is 2.23. The molecule has 22 heavy (non-hydrogen) atoms. The monoisotopic (exact) mass is 296 g/mol. The zero-order valence-corrected chi connectivity index (χ0v) is 12.0. The van der Waals surface area contributed by atoms with Gasteiger partial charge in [0.1, 0.15) is 0 Å². The number of rotatable bonds is 4. The molecule has 112 valence electrons. The lowest BCUT2D eigenvalue weighted by molar-refractivity contribution is -0.384. The zero-order chi connectivity index (χ0) is 15.5. The topological polar surface area (TPSA) is 72.2 Å². The van der Waals surface area contributed by atoms with Gasteiger partial charge in [-0.25, -0.2) is 0 Å². The van der Waals surface area contributed by atoms with Crippen LogP contribution in [0.5, 0.6) is 0 Å². The normalized spacial score (nSPS) is 16.5. The molecule has 2 aromatic carbocycles. The van der Waals surface area contributed by atoms with Crippen LogP contribution in [0, 0.1) is 10.1 Å². The predicted octanol–water partition coefficient (Wildman–Crippen LogP) is 3.13. The van der Waals surface area contributed by atoms with Gasteiger partial charge in [-0.2, -0.15) is 0 Å². The van der Waals surface area contributed by atoms with Crippen molar-refractivity contribution in [3.05, 3.63) is 69.8 Å². The van der Waals surface area contributed by atoms with Gasteiger partial charge in [-0.3, -0.25) is 14.9 Å². The lowest BCUT2D eigenvalue weighted by atomic mass is 9.93. The van der Waals surface area contributed by atoms with Gasteiger partial charge < -0.3 is 5.32 Å². The van der Waals surface area contributed by atoms with Crippen LogP contribution in [-0.4, -0.2) is 16.7 Å². The van der Waals surface area contributed by atoms with Crippen LogP contribution in [0.25, 0.3) is 0 Å². The van der Waals surface area contributed by atoms with Crippen molar-refractivity contribution in [1.29, 1.82) is 0 Å². The van der Waals surface area contributed by atoms with Gasteiger partial charge in [-0.05, 0) is 30.0 Å². The summed E-state index contributed by atoms with van der Waals surface area (Å²) < 4.78 is 0. The highest BCUT2D eigenvalue weighted by atomic mass is 16.6. The number of nitro benzene ring substituents is 1. The number of nitrogens with one attached hydrogen (secondary N) is 1. The largest absolute Gasteiger partial charge is 0.375 e. The summed E-state index contributed by atoms with van der Waals surface area (Å²) in [5.41, 5.74) is 3.11. The van der Waals surface area contributed by atoms with Crippen LogP contribution in [0.2, 0.25) is 0 Å². The SMILES string of the molecule is O=C(Cc1ccc([N+](=O)[O-])cc1)C1CCc2ccccc2N1. The number of para-hydroxylation sites is 1. The smallest absolute Gasteiger partial charge is 0.269 e. The Balaban J connectivity index is 1.66. The van der Waals surface area contributed by atoms with E-state index in [1.165, 1.54) is 17.7 Å². The molecule has 1 aliphatic heterocycles. The van der Waals surface area contributed by atoms with E-state index < -0.39 is 4.92 Å². The molecule has 5 nitrogen and oxygen atoms in total. The number of benzene rings is 2. The molecule has 0 fully saturated rings. The molecule has 1 N–H and O–H groups in total. The molecule has 2 aromatic rings. The first-order valence-corrected chi connectivity index (χ1v) is 7.24. The van der Waals surface area contributed by atoms with Crippen molar-refractivity contribution in [3.63, 3.8) is 0 Å². The summed E-state index contributed by atoms with van der Waals surface area (Å²) in [6.45, 7) is 0. The second kappa shape index (κ2) is 5.97. The summed E-state index contributed by atoms with van der Waals surface area (Å²) in [5, 5.41) is 13.9. The fraction of sp³-hybridized carbons (Fsp3) is 0.235. The summed E-state index contributed by atoms with van der Waals surface area (Å²) in [7, 11) is 0. The first-order valence-electron chi connectivity index (χ1n) is 7.24. The Hall–Kier alpha value is -2.69. The summed E-state index contributed by atoms with van der Waals surface area (Å²) in [6, 6.07) is 14.0. The highest BCUT2D eigenvalue weighted by Crippen LogP contribution is 2.25. The standard InChI is InChI=1S/C17H16N2O3/c20-17(11-12-5-8-14(9-6-12)19(21)22)16-10-7-13-3-1-2-4-15(13)18-16/h1-6,8-9,16,18H,7,10-11H2. The van der Waals surface area contributed by atoms with Gasteiger partial charge in [-0.1, -0.05) is 30.3 Å². The maximum absolute atomic E-state index is 12.4. The molecular weight excluding hydrogens is 280 g/mol. The molecular formula is C17H16N2O3. The molecule has 3 rings (SSSR count). The van der Waals surface area contributed by atoms with Crippen molar-refractivity contribution in [3.8, 4) is 0 Å². The molecule has 0 bridgehead atoms. The van der Waals surface area contributed by atoms with Crippen molar-refractivity contribution in [1.82, 2.24) is 0 Å². The Morgan fingerprint density at radius 3 is 2.64 bits per heavy atom. The maximum Gasteiger partial charge on any atom is 0.269 e. The van der Waals surface area contributed by atoms with Gasteiger partial charge in [0.05, 0.1) is 11.0 Å². The summed E-state index contributed by atoms with van der Waals surface area (Å²) in [6.07, 6.45) is 1.96. The molecule has 0 saturated heterocycles. The van der Waals surface area contributed by atoms with Crippen LogP contribution >= 0.6 is 0 Å². The van der Waals surface area contributed by atoms with E-state index in [2.05, 4.69) is 11.4 Å². The molecule has 0 radical (unpaired) electrons. The molecule has 0 spiro atoms. The number of carbonyl (C=O) groups excluding carboxylic acids is 1. The minimum atomic E-state index is -0.439. The number of hydrogen-bond acceptors (Lipinski definition) is 4. The summed E-state index contributed by atoms with van der Waals surface area (Å²) in [5.74, 6) is 0.114. The van der Waals surface area contributed by atoms with Crippen LogP contribution in [0.1, 0.15) is 17.5 Å². The Morgan fingerprint density at radius 2 is 1.91 bits per heavy atom. The van der Waals surface area contributed by atoms with Crippen LogP contribution < -0.4 is 5.32 Å². The Bertz CT molecular complexity index is 710. The average molecular weight is 296 g/mol. The molecule has 1 aliphatic rings. The van der Waals surface area contributed by atoms with Crippen molar-refractivity contribution in [2.45, 2.75) is 25.3 Å². The first-order chi connectivity index (χ1) is 10.6. The minimum Gasteiger partial charge on any atom is -0.375 e. The second-order valence-electron chi connectivity index (χ2n) is 5.46. The number of hydrogen-bond donors (Lipinski definition) is 1. The van der Waals surface area contributed by atoms with Gasteiger partial charge in [0, 0.05) is 24.2 Å². The summed E-state index contributed by atoms with van der Waals surface area (Å²) >= 11 is 0. The number of nitro groups is 1. The van der Waals surface area contributed by atoms with E-state index in [0.717, 1.165) is 24.1 Å². The third-order valence-electron chi connectivity index (χ3n) is 3.96. The fourth-order valence-electron chi connectivity index (χ4n) is 2.74. The molecule has 5 heteroatoms. The molecule has 1 atom stereocenters. The lowest BCUT2D eigenvalue weighted by Gasteiger charge is -2.26. The highest BCUT2D eigenvalue weighted by molar-refractivity contribution is 5.89. The van der Waals surface area contributed by atoms with Gasteiger partial charge in [0.25, 0.3) is 5.69 Å². The quantitative estimate of drug-likeness (QED) is 0.695. The Labute approximate surface area is 128 Å². The van der Waals surface area contributed by atoms with Crippen LogP contribution in [0.4, 0.5) is 11.4 Å². The van der Waals surface area contributed by atoms with Crippen molar-refractivity contribution in [2.24, 2.45) is 0 Å². The second-order valence-corrected chi connectivity index (χ2v) is 5.46. The minimum absolute atomic E-state index is 0.0425. The van der Waals surface area contributed by atoms with E-state index >= 15 is 0 Å². The Kier molecular flexibility index (Phi) is 3.87. The lowest BCUT2D eigenvalue weighted by Crippen LogP contribution is -2.34. The number of carbonyl (C=O) groups is 1. The third kappa shape index (κ3) is 2.98. The van der Waals surface area contributed by atoms with Gasteiger partial charge in [-0.15, -0.1) is 0 Å². The number of anilines is 1. The van der Waals surface area contributed by atoms with Crippen LogP contribution in [-0.2, 0) is 17.6 Å². The molecule has 0 aromatic heterocycles. The molecule has 0 saturated carbocycles. The van der Waals surface area contributed by atoms with Crippen molar-refractivity contribution < 1.29 is 9.72 Å². The number of ketones is 1. The van der Waals surface area contributed by atoms with E-state index in [9.17, 15) is 14.9 Å². The van der Waals surface area contributed by atoms with E-state index in [4.69, 9.17) is 0 Å². The van der Waals surface area contributed by atoms with Crippen molar-refractivity contribution in [2.75, 3.05) is 5.32 Å². The van der Waals surface area contributed by atoms with E-state index in [1.807, 2.05) is 18.2 Å². The number of fused-ring (bicyclic) bond motifs is 1. The number of aryl methyl sites for hydroxylation is 1. The number of Topliss-reactive ketones (excluding diaryl/α,β-unsaturated/α-hetero) is 1. The zero-order valence-electron chi connectivity index (χ0n) is 12.0. The average Bonchev–Trinajstić information content (AvgIpc) is 2.55. The fourth-order valence-corrected chi connectivity index (χ4v) is 2.74. The molecule has 1 heterocycles. The summed E-state index contributed by atoms with van der Waals surface area (Å²) in [4.78, 5) is 22.6. The molecule has 0 amide bonds. The number of nitrogens with zero attached hydrogens (tertiary/aromatic N) is 1. The van der Waals surface area contributed by atoms with Crippen molar-refractivity contribution >= 4 is 17.2 Å². The van der Waals surface area contributed by atoms with Gasteiger partial charge >= 0.3 is 0 Å². The van der Waals surface area contributed by atoms with E-state index in [-0.39, 0.29) is 23.9 Å². The first kappa shape index (κ1) is 14.3. The van der Waals surface area contributed by atoms with Crippen LogP contribution in [0.3, 0.4) is 0 Å².